The number of benzene rings is 2. The van der Waals surface area contributed by atoms with Crippen LogP contribution in [0.4, 0.5) is 0 Å². The number of aromatic nitrogens is 2. The van der Waals surface area contributed by atoms with Crippen LogP contribution in [0.15, 0.2) is 79.1 Å². The highest BCUT2D eigenvalue weighted by Crippen LogP contribution is 2.15. The fraction of sp³-hybridized carbons (Fsp3) is 0.182. The van der Waals surface area contributed by atoms with E-state index in [0.717, 1.165) is 24.4 Å². The molecular weight excluding hydrogens is 322 g/mol. The number of hydrogen-bond donors (Lipinski definition) is 1. The van der Waals surface area contributed by atoms with Crippen molar-refractivity contribution in [2.75, 3.05) is 0 Å². The van der Waals surface area contributed by atoms with E-state index in [0.29, 0.717) is 12.1 Å². The summed E-state index contributed by atoms with van der Waals surface area (Å²) in [6, 6.07) is 20.5. The van der Waals surface area contributed by atoms with Gasteiger partial charge in [0.2, 0.25) is 5.91 Å². The summed E-state index contributed by atoms with van der Waals surface area (Å²) in [5, 5.41) is 2.94. The molecule has 0 bridgehead atoms. The van der Waals surface area contributed by atoms with Gasteiger partial charge in [0.25, 0.3) is 0 Å². The number of rotatable bonds is 7. The van der Waals surface area contributed by atoms with Gasteiger partial charge < -0.3 is 9.88 Å². The minimum absolute atomic E-state index is 0.136. The molecule has 0 fully saturated rings. The van der Waals surface area contributed by atoms with E-state index >= 15 is 0 Å². The number of imidazole rings is 1. The molecule has 0 spiro atoms. The molecule has 0 atom stereocenters. The largest absolute Gasteiger partial charge is 0.347 e. The van der Waals surface area contributed by atoms with Gasteiger partial charge in [-0.1, -0.05) is 67.2 Å². The molecule has 132 valence electrons. The molecule has 0 saturated carbocycles. The molecule has 0 aliphatic rings. The van der Waals surface area contributed by atoms with Crippen molar-refractivity contribution < 1.29 is 4.79 Å². The topological polar surface area (TPSA) is 46.9 Å². The van der Waals surface area contributed by atoms with E-state index in [-0.39, 0.29) is 5.91 Å². The van der Waals surface area contributed by atoms with Crippen LogP contribution in [0.5, 0.6) is 0 Å². The summed E-state index contributed by atoms with van der Waals surface area (Å²) in [6.45, 7) is 6.57. The third kappa shape index (κ3) is 4.48. The maximum Gasteiger partial charge on any atom is 0.246 e. The highest BCUT2D eigenvalue weighted by atomic mass is 16.1. The maximum absolute atomic E-state index is 11.9. The first-order valence-corrected chi connectivity index (χ1v) is 8.68. The summed E-state index contributed by atoms with van der Waals surface area (Å²) in [6.07, 6.45) is 2.59. The van der Waals surface area contributed by atoms with Gasteiger partial charge in [0.05, 0.1) is 24.3 Å². The van der Waals surface area contributed by atoms with Gasteiger partial charge >= 0.3 is 0 Å². The minimum atomic E-state index is -0.136. The SMILES string of the molecule is C=C(C)C(=O)NCc1c(Cc2ccccc2)ncn1Cc1ccccc1. The molecule has 3 rings (SSSR count). The first-order valence-electron chi connectivity index (χ1n) is 8.68. The average molecular weight is 345 g/mol. The molecule has 4 nitrogen and oxygen atoms in total. The fourth-order valence-electron chi connectivity index (χ4n) is 2.82. The van der Waals surface area contributed by atoms with Gasteiger partial charge in [-0.25, -0.2) is 4.98 Å². The minimum Gasteiger partial charge on any atom is -0.347 e. The van der Waals surface area contributed by atoms with Gasteiger partial charge in [-0.05, 0) is 18.1 Å². The first kappa shape index (κ1) is 17.7. The molecule has 0 unspecified atom stereocenters. The molecule has 2 aromatic carbocycles. The summed E-state index contributed by atoms with van der Waals surface area (Å²) in [4.78, 5) is 16.6. The molecule has 26 heavy (non-hydrogen) atoms. The highest BCUT2D eigenvalue weighted by Gasteiger charge is 2.13. The Balaban J connectivity index is 1.85. The van der Waals surface area contributed by atoms with Gasteiger partial charge in [0.1, 0.15) is 0 Å². The molecule has 0 aliphatic carbocycles. The summed E-state index contributed by atoms with van der Waals surface area (Å²) in [5.41, 5.74) is 4.90. The van der Waals surface area contributed by atoms with Crippen molar-refractivity contribution >= 4 is 5.91 Å². The number of carbonyl (C=O) groups excluding carboxylic acids is 1. The van der Waals surface area contributed by atoms with E-state index in [9.17, 15) is 4.79 Å². The van der Waals surface area contributed by atoms with Crippen LogP contribution in [0.2, 0.25) is 0 Å². The zero-order valence-corrected chi connectivity index (χ0v) is 15.0. The summed E-state index contributed by atoms with van der Waals surface area (Å²) < 4.78 is 2.10. The van der Waals surface area contributed by atoms with Crippen LogP contribution < -0.4 is 5.32 Å². The van der Waals surface area contributed by atoms with Crippen molar-refractivity contribution in [1.29, 1.82) is 0 Å². The van der Waals surface area contributed by atoms with Crippen LogP contribution in [-0.4, -0.2) is 15.5 Å². The van der Waals surface area contributed by atoms with Crippen LogP contribution >= 0.6 is 0 Å². The van der Waals surface area contributed by atoms with Crippen LogP contribution in [0.3, 0.4) is 0 Å². The standard InChI is InChI=1S/C22H23N3O/c1-17(2)22(26)23-14-21-20(13-18-9-5-3-6-10-18)24-16-25(21)15-19-11-7-4-8-12-19/h3-12,16H,1,13-15H2,2H3,(H,23,26). The monoisotopic (exact) mass is 345 g/mol. The van der Waals surface area contributed by atoms with E-state index in [1.165, 1.54) is 11.1 Å². The van der Waals surface area contributed by atoms with Crippen molar-refractivity contribution in [3.05, 3.63) is 102 Å². The number of nitrogens with zero attached hydrogens (tertiary/aromatic N) is 2. The molecule has 1 heterocycles. The van der Waals surface area contributed by atoms with Crippen LogP contribution in [-0.2, 0) is 24.3 Å². The van der Waals surface area contributed by atoms with Gasteiger partial charge in [0, 0.05) is 18.5 Å². The highest BCUT2D eigenvalue weighted by molar-refractivity contribution is 5.91. The Labute approximate surface area is 154 Å². The molecule has 3 aromatic rings. The average Bonchev–Trinajstić information content (AvgIpc) is 3.02. The van der Waals surface area contributed by atoms with Gasteiger partial charge in [0.15, 0.2) is 0 Å². The zero-order chi connectivity index (χ0) is 18.4. The van der Waals surface area contributed by atoms with Gasteiger partial charge in [-0.15, -0.1) is 0 Å². The quantitative estimate of drug-likeness (QED) is 0.664. The molecule has 1 N–H and O–H groups in total. The molecule has 0 saturated heterocycles. The van der Waals surface area contributed by atoms with Crippen LogP contribution in [0.1, 0.15) is 29.4 Å². The third-order valence-corrected chi connectivity index (χ3v) is 4.25. The van der Waals surface area contributed by atoms with Gasteiger partial charge in [-0.3, -0.25) is 4.79 Å². The number of amides is 1. The fourth-order valence-corrected chi connectivity index (χ4v) is 2.82. The first-order chi connectivity index (χ1) is 12.6. The van der Waals surface area contributed by atoms with Crippen molar-refractivity contribution in [1.82, 2.24) is 14.9 Å². The molecule has 1 amide bonds. The molecule has 0 aliphatic heterocycles. The lowest BCUT2D eigenvalue weighted by atomic mass is 10.1. The molecular formula is C22H23N3O. The van der Waals surface area contributed by atoms with E-state index in [1.54, 1.807) is 6.92 Å². The lowest BCUT2D eigenvalue weighted by Crippen LogP contribution is -2.25. The van der Waals surface area contributed by atoms with Crippen LogP contribution in [0.25, 0.3) is 0 Å². The summed E-state index contributed by atoms with van der Waals surface area (Å²) in [5.74, 6) is -0.136. The Hall–Kier alpha value is -3.14. The Bertz CT molecular complexity index is 823. The lowest BCUT2D eigenvalue weighted by Gasteiger charge is -2.12. The summed E-state index contributed by atoms with van der Waals surface area (Å²) >= 11 is 0. The van der Waals surface area contributed by atoms with Crippen molar-refractivity contribution in [3.8, 4) is 0 Å². The van der Waals surface area contributed by atoms with Crippen molar-refractivity contribution in [2.24, 2.45) is 0 Å². The lowest BCUT2D eigenvalue weighted by molar-refractivity contribution is -0.117. The second-order valence-corrected chi connectivity index (χ2v) is 6.38. The van der Waals surface area contributed by atoms with E-state index in [2.05, 4.69) is 45.7 Å². The number of carbonyl (C=O) groups is 1. The normalized spacial score (nSPS) is 10.5. The number of nitrogens with one attached hydrogen (secondary N) is 1. The van der Waals surface area contributed by atoms with Crippen molar-refractivity contribution in [3.63, 3.8) is 0 Å². The van der Waals surface area contributed by atoms with E-state index in [4.69, 9.17) is 0 Å². The molecule has 0 radical (unpaired) electrons. The Morgan fingerprint density at radius 2 is 1.65 bits per heavy atom. The Morgan fingerprint density at radius 3 is 2.27 bits per heavy atom. The van der Waals surface area contributed by atoms with Crippen LogP contribution in [0, 0.1) is 0 Å². The van der Waals surface area contributed by atoms with E-state index < -0.39 is 0 Å². The predicted octanol–water partition coefficient (Wildman–Crippen LogP) is 3.71. The van der Waals surface area contributed by atoms with E-state index in [1.807, 2.05) is 42.7 Å². The van der Waals surface area contributed by atoms with Gasteiger partial charge in [-0.2, -0.15) is 0 Å². The zero-order valence-electron chi connectivity index (χ0n) is 15.0. The number of hydrogen-bond acceptors (Lipinski definition) is 2. The smallest absolute Gasteiger partial charge is 0.246 e. The Kier molecular flexibility index (Phi) is 5.64. The predicted molar refractivity (Wildman–Crippen MR) is 104 cm³/mol. The second-order valence-electron chi connectivity index (χ2n) is 6.38. The molecule has 1 aromatic heterocycles. The van der Waals surface area contributed by atoms with Crippen molar-refractivity contribution in [2.45, 2.75) is 26.4 Å². The second kappa shape index (κ2) is 8.30. The molecule has 4 heteroatoms. The summed E-state index contributed by atoms with van der Waals surface area (Å²) in [7, 11) is 0. The Morgan fingerprint density at radius 1 is 1.04 bits per heavy atom. The maximum atomic E-state index is 11.9. The third-order valence-electron chi connectivity index (χ3n) is 4.25.